The van der Waals surface area contributed by atoms with Crippen LogP contribution in [0, 0.1) is 0 Å². The van der Waals surface area contributed by atoms with Gasteiger partial charge in [-0.05, 0) is 38.8 Å². The summed E-state index contributed by atoms with van der Waals surface area (Å²) in [7, 11) is 0. The van der Waals surface area contributed by atoms with Crippen LogP contribution in [-0.4, -0.2) is 25.2 Å². The Morgan fingerprint density at radius 1 is 1.32 bits per heavy atom. The fourth-order valence-corrected chi connectivity index (χ4v) is 3.04. The molecule has 3 aromatic rings. The number of hydrogen-bond acceptors (Lipinski definition) is 7. The first-order chi connectivity index (χ1) is 11.8. The van der Waals surface area contributed by atoms with E-state index in [4.69, 9.17) is 4.74 Å². The van der Waals surface area contributed by atoms with E-state index in [0.717, 1.165) is 17.7 Å². The summed E-state index contributed by atoms with van der Waals surface area (Å²) in [5.41, 5.74) is 1.34. The van der Waals surface area contributed by atoms with Crippen molar-refractivity contribution in [1.29, 1.82) is 0 Å². The largest absolute Gasteiger partial charge is 0.472 e. The van der Waals surface area contributed by atoms with Crippen molar-refractivity contribution in [3.05, 3.63) is 46.0 Å². The number of rotatable bonds is 5. The smallest absolute Gasteiger partial charge is 0.275 e. The van der Waals surface area contributed by atoms with Gasteiger partial charge >= 0.3 is 0 Å². The zero-order valence-electron chi connectivity index (χ0n) is 14.7. The highest BCUT2D eigenvalue weighted by molar-refractivity contribution is 7.20. The van der Waals surface area contributed by atoms with Crippen molar-refractivity contribution >= 4 is 21.4 Å². The maximum absolute atomic E-state index is 12.0. The molecule has 0 aromatic carbocycles. The Morgan fingerprint density at radius 2 is 2.12 bits per heavy atom. The molecule has 0 radical (unpaired) electrons. The summed E-state index contributed by atoms with van der Waals surface area (Å²) in [6.45, 7) is 8.47. The molecule has 25 heavy (non-hydrogen) atoms. The van der Waals surface area contributed by atoms with Gasteiger partial charge in [-0.2, -0.15) is 4.52 Å². The molecule has 7 nitrogen and oxygen atoms in total. The van der Waals surface area contributed by atoms with Gasteiger partial charge in [0.25, 0.3) is 5.56 Å². The predicted octanol–water partition coefficient (Wildman–Crippen LogP) is 2.90. The van der Waals surface area contributed by atoms with Crippen molar-refractivity contribution < 1.29 is 4.74 Å². The fraction of sp³-hybridized carbons (Fsp3) is 0.412. The number of nitrogens with zero attached hydrogens (tertiary/aromatic N) is 4. The monoisotopic (exact) mass is 359 g/mol. The Hall–Kier alpha value is -2.48. The Morgan fingerprint density at radius 3 is 2.84 bits per heavy atom. The number of nitrogens with one attached hydrogen (secondary N) is 1. The van der Waals surface area contributed by atoms with Gasteiger partial charge in [-0.15, -0.1) is 5.10 Å². The average Bonchev–Trinajstić information content (AvgIpc) is 2.95. The van der Waals surface area contributed by atoms with Gasteiger partial charge < -0.3 is 10.1 Å². The van der Waals surface area contributed by atoms with Crippen LogP contribution in [0.25, 0.3) is 4.96 Å². The second kappa shape index (κ2) is 6.79. The number of aromatic nitrogens is 4. The van der Waals surface area contributed by atoms with Crippen molar-refractivity contribution in [2.45, 2.75) is 46.3 Å². The van der Waals surface area contributed by atoms with Gasteiger partial charge in [0, 0.05) is 30.6 Å². The minimum atomic E-state index is -0.296. The summed E-state index contributed by atoms with van der Waals surface area (Å²) in [4.78, 5) is 21.3. The molecule has 0 saturated carbocycles. The molecule has 0 fully saturated rings. The number of pyridine rings is 1. The highest BCUT2D eigenvalue weighted by Crippen LogP contribution is 2.20. The molecule has 0 unspecified atom stereocenters. The summed E-state index contributed by atoms with van der Waals surface area (Å²) < 4.78 is 7.10. The van der Waals surface area contributed by atoms with E-state index in [2.05, 4.69) is 20.4 Å². The SMILES string of the molecule is CCc1cc(=O)n2nc(NCc3ccnc(OC(C)(C)C)c3)sc2n1. The topological polar surface area (TPSA) is 81.4 Å². The molecule has 132 valence electrons. The van der Waals surface area contributed by atoms with E-state index in [-0.39, 0.29) is 11.2 Å². The number of ether oxygens (including phenoxy) is 1. The molecule has 3 rings (SSSR count). The standard InChI is InChI=1S/C17H21N5O2S/c1-5-12-9-14(23)22-16(20-12)25-15(21-22)19-10-11-6-7-18-13(8-11)24-17(2,3)4/h6-9H,5,10H2,1-4H3,(H,19,21). The molecule has 3 heterocycles. The lowest BCUT2D eigenvalue weighted by Gasteiger charge is -2.20. The van der Waals surface area contributed by atoms with Gasteiger partial charge in [-0.3, -0.25) is 4.79 Å². The molecule has 8 heteroatoms. The molecule has 3 aromatic heterocycles. The van der Waals surface area contributed by atoms with E-state index in [0.29, 0.717) is 22.5 Å². The molecule has 0 saturated heterocycles. The van der Waals surface area contributed by atoms with E-state index in [1.807, 2.05) is 39.8 Å². The molecule has 1 N–H and O–H groups in total. The summed E-state index contributed by atoms with van der Waals surface area (Å²) in [5, 5.41) is 8.16. The minimum Gasteiger partial charge on any atom is -0.472 e. The van der Waals surface area contributed by atoms with Gasteiger partial charge in [0.1, 0.15) is 5.60 Å². The van der Waals surface area contributed by atoms with E-state index < -0.39 is 0 Å². The van der Waals surface area contributed by atoms with E-state index >= 15 is 0 Å². The lowest BCUT2D eigenvalue weighted by molar-refractivity contribution is 0.124. The number of anilines is 1. The zero-order valence-corrected chi connectivity index (χ0v) is 15.6. The van der Waals surface area contributed by atoms with Crippen molar-refractivity contribution in [1.82, 2.24) is 19.6 Å². The van der Waals surface area contributed by atoms with Gasteiger partial charge in [-0.25, -0.2) is 9.97 Å². The first-order valence-corrected chi connectivity index (χ1v) is 8.93. The quantitative estimate of drug-likeness (QED) is 0.754. The number of hydrogen-bond donors (Lipinski definition) is 1. The second-order valence-electron chi connectivity index (χ2n) is 6.61. The molecule has 0 aliphatic rings. The summed E-state index contributed by atoms with van der Waals surface area (Å²) in [6.07, 6.45) is 2.44. The number of aryl methyl sites for hydroxylation is 1. The van der Waals surface area contributed by atoms with Gasteiger partial charge in [0.2, 0.25) is 16.0 Å². The van der Waals surface area contributed by atoms with E-state index in [1.165, 1.54) is 21.9 Å². The third kappa shape index (κ3) is 4.33. The van der Waals surface area contributed by atoms with Crippen LogP contribution in [0.1, 0.15) is 39.0 Å². The lowest BCUT2D eigenvalue weighted by Crippen LogP contribution is -2.23. The highest BCUT2D eigenvalue weighted by atomic mass is 32.1. The van der Waals surface area contributed by atoms with Crippen LogP contribution in [0.15, 0.2) is 29.2 Å². The molecule has 0 atom stereocenters. The number of fused-ring (bicyclic) bond motifs is 1. The summed E-state index contributed by atoms with van der Waals surface area (Å²) in [6, 6.07) is 5.33. The van der Waals surface area contributed by atoms with E-state index in [9.17, 15) is 4.79 Å². The highest BCUT2D eigenvalue weighted by Gasteiger charge is 2.13. The van der Waals surface area contributed by atoms with Crippen LogP contribution in [0.5, 0.6) is 5.88 Å². The van der Waals surface area contributed by atoms with Gasteiger partial charge in [0.05, 0.1) is 0 Å². The van der Waals surface area contributed by atoms with Crippen LogP contribution in [0.2, 0.25) is 0 Å². The Labute approximate surface area is 149 Å². The molecular formula is C17H21N5O2S. The Bertz CT molecular complexity index is 942. The summed E-state index contributed by atoms with van der Waals surface area (Å²) >= 11 is 1.36. The van der Waals surface area contributed by atoms with Crippen LogP contribution in [-0.2, 0) is 13.0 Å². The molecule has 0 aliphatic heterocycles. The maximum Gasteiger partial charge on any atom is 0.275 e. The van der Waals surface area contributed by atoms with Gasteiger partial charge in [0.15, 0.2) is 0 Å². The van der Waals surface area contributed by atoms with E-state index in [1.54, 1.807) is 6.20 Å². The van der Waals surface area contributed by atoms with Crippen molar-refractivity contribution in [3.8, 4) is 5.88 Å². The summed E-state index contributed by atoms with van der Waals surface area (Å²) in [5.74, 6) is 0.585. The first-order valence-electron chi connectivity index (χ1n) is 8.11. The van der Waals surface area contributed by atoms with Crippen molar-refractivity contribution in [3.63, 3.8) is 0 Å². The fourth-order valence-electron chi connectivity index (χ4n) is 2.22. The zero-order chi connectivity index (χ0) is 18.0. The second-order valence-corrected chi connectivity index (χ2v) is 7.57. The van der Waals surface area contributed by atoms with Crippen molar-refractivity contribution in [2.75, 3.05) is 5.32 Å². The minimum absolute atomic E-state index is 0.157. The molecular weight excluding hydrogens is 338 g/mol. The van der Waals surface area contributed by atoms with Crippen LogP contribution < -0.4 is 15.6 Å². The lowest BCUT2D eigenvalue weighted by atomic mass is 10.2. The third-order valence-electron chi connectivity index (χ3n) is 3.31. The molecule has 0 aliphatic carbocycles. The first kappa shape index (κ1) is 17.3. The molecule has 0 amide bonds. The molecule has 0 spiro atoms. The van der Waals surface area contributed by atoms with Gasteiger partial charge in [-0.1, -0.05) is 18.3 Å². The van der Waals surface area contributed by atoms with Crippen LogP contribution >= 0.6 is 11.3 Å². The Balaban J connectivity index is 1.75. The predicted molar refractivity (Wildman–Crippen MR) is 98.5 cm³/mol. The maximum atomic E-state index is 12.0. The normalized spacial score (nSPS) is 11.7. The van der Waals surface area contributed by atoms with Crippen LogP contribution in [0.3, 0.4) is 0 Å². The van der Waals surface area contributed by atoms with Crippen LogP contribution in [0.4, 0.5) is 5.13 Å². The third-order valence-corrected chi connectivity index (χ3v) is 4.18. The average molecular weight is 359 g/mol. The molecule has 0 bridgehead atoms. The Kier molecular flexibility index (Phi) is 4.71. The van der Waals surface area contributed by atoms with Crippen molar-refractivity contribution in [2.24, 2.45) is 0 Å².